The molecule has 0 aliphatic rings. The van der Waals surface area contributed by atoms with Crippen LogP contribution in [-0.4, -0.2) is 31.1 Å². The van der Waals surface area contributed by atoms with Crippen LogP contribution in [0.25, 0.3) is 0 Å². The van der Waals surface area contributed by atoms with Crippen LogP contribution in [0.4, 0.5) is 5.69 Å². The predicted molar refractivity (Wildman–Crippen MR) is 70.4 cm³/mol. The summed E-state index contributed by atoms with van der Waals surface area (Å²) < 4.78 is 27.8. The Bertz CT molecular complexity index is 568. The number of aromatic hydroxyl groups is 1. The molecule has 1 rings (SSSR count). The SMILES string of the molecule is CC(C)CNS(=O)(=O)Nc1ccc(O)cc1C(=O)O. The largest absolute Gasteiger partial charge is 0.508 e. The molecule has 0 radical (unpaired) electrons. The van der Waals surface area contributed by atoms with E-state index in [9.17, 15) is 18.3 Å². The Morgan fingerprint density at radius 2 is 2.00 bits per heavy atom. The number of hydrogen-bond donors (Lipinski definition) is 4. The van der Waals surface area contributed by atoms with Crippen molar-refractivity contribution < 1.29 is 23.4 Å². The van der Waals surface area contributed by atoms with Crippen LogP contribution in [0, 0.1) is 5.92 Å². The predicted octanol–water partition coefficient (Wildman–Crippen LogP) is 0.993. The van der Waals surface area contributed by atoms with Crippen molar-refractivity contribution in [2.45, 2.75) is 13.8 Å². The van der Waals surface area contributed by atoms with Crippen LogP contribution < -0.4 is 9.44 Å². The van der Waals surface area contributed by atoms with Gasteiger partial charge in [-0.2, -0.15) is 13.1 Å². The van der Waals surface area contributed by atoms with Crippen molar-refractivity contribution in [3.05, 3.63) is 23.8 Å². The van der Waals surface area contributed by atoms with Gasteiger partial charge < -0.3 is 10.2 Å². The van der Waals surface area contributed by atoms with Crippen LogP contribution in [0.3, 0.4) is 0 Å². The number of carboxylic acids is 1. The van der Waals surface area contributed by atoms with E-state index in [1.807, 2.05) is 13.8 Å². The van der Waals surface area contributed by atoms with E-state index in [1.165, 1.54) is 12.1 Å². The third-order valence-corrected chi connectivity index (χ3v) is 3.19. The number of nitrogens with one attached hydrogen (secondary N) is 2. The van der Waals surface area contributed by atoms with Crippen LogP contribution in [-0.2, 0) is 10.2 Å². The van der Waals surface area contributed by atoms with Gasteiger partial charge in [0.25, 0.3) is 10.2 Å². The molecule has 106 valence electrons. The van der Waals surface area contributed by atoms with Crippen LogP contribution >= 0.6 is 0 Å². The van der Waals surface area contributed by atoms with Gasteiger partial charge >= 0.3 is 5.97 Å². The second kappa shape index (κ2) is 5.89. The van der Waals surface area contributed by atoms with Gasteiger partial charge in [-0.15, -0.1) is 0 Å². The first-order chi connectivity index (χ1) is 8.71. The van der Waals surface area contributed by atoms with Crippen molar-refractivity contribution in [3.8, 4) is 5.75 Å². The summed E-state index contributed by atoms with van der Waals surface area (Å²) in [7, 11) is -3.84. The molecule has 0 saturated carbocycles. The standard InChI is InChI=1S/C11H16N2O5S/c1-7(2)6-12-19(17,18)13-10-4-3-8(14)5-9(10)11(15)16/h3-5,7,12-14H,6H2,1-2H3,(H,15,16). The number of hydrogen-bond acceptors (Lipinski definition) is 4. The van der Waals surface area contributed by atoms with Crippen molar-refractivity contribution >= 4 is 21.9 Å². The molecule has 0 unspecified atom stereocenters. The molecule has 0 aromatic heterocycles. The highest BCUT2D eigenvalue weighted by atomic mass is 32.2. The molecule has 0 spiro atoms. The van der Waals surface area contributed by atoms with E-state index in [1.54, 1.807) is 0 Å². The molecule has 1 aromatic rings. The van der Waals surface area contributed by atoms with Gasteiger partial charge in [0.1, 0.15) is 5.75 Å². The highest BCUT2D eigenvalue weighted by Crippen LogP contribution is 2.22. The maximum absolute atomic E-state index is 11.7. The summed E-state index contributed by atoms with van der Waals surface area (Å²) in [6.45, 7) is 3.91. The van der Waals surface area contributed by atoms with Crippen LogP contribution in [0.15, 0.2) is 18.2 Å². The maximum Gasteiger partial charge on any atom is 0.337 e. The van der Waals surface area contributed by atoms with Gasteiger partial charge in [0.15, 0.2) is 0 Å². The lowest BCUT2D eigenvalue weighted by Crippen LogP contribution is -2.33. The number of phenolic OH excluding ortho intramolecular Hbond substituents is 1. The second-order valence-electron chi connectivity index (χ2n) is 4.38. The molecule has 7 nitrogen and oxygen atoms in total. The third kappa shape index (κ3) is 4.76. The molecular weight excluding hydrogens is 272 g/mol. The van der Waals surface area contributed by atoms with Gasteiger partial charge in [-0.05, 0) is 24.1 Å². The number of phenols is 1. The van der Waals surface area contributed by atoms with Gasteiger partial charge in [-0.1, -0.05) is 13.8 Å². The van der Waals surface area contributed by atoms with Crippen LogP contribution in [0.5, 0.6) is 5.75 Å². The topological polar surface area (TPSA) is 116 Å². The Hall–Kier alpha value is -1.80. The van der Waals surface area contributed by atoms with Crippen LogP contribution in [0.1, 0.15) is 24.2 Å². The fourth-order valence-electron chi connectivity index (χ4n) is 1.26. The van der Waals surface area contributed by atoms with Gasteiger partial charge in [0.05, 0.1) is 11.3 Å². The zero-order valence-corrected chi connectivity index (χ0v) is 11.4. The summed E-state index contributed by atoms with van der Waals surface area (Å²) in [5, 5.41) is 18.1. The van der Waals surface area contributed by atoms with Gasteiger partial charge in [-0.3, -0.25) is 4.72 Å². The van der Waals surface area contributed by atoms with Crippen molar-refractivity contribution in [1.29, 1.82) is 0 Å². The molecule has 1 aromatic carbocycles. The summed E-state index contributed by atoms with van der Waals surface area (Å²) in [4.78, 5) is 11.0. The van der Waals surface area contributed by atoms with E-state index in [4.69, 9.17) is 5.11 Å². The molecule has 4 N–H and O–H groups in total. The number of rotatable bonds is 6. The maximum atomic E-state index is 11.7. The quantitative estimate of drug-likeness (QED) is 0.583. The lowest BCUT2D eigenvalue weighted by Gasteiger charge is -2.12. The molecule has 19 heavy (non-hydrogen) atoms. The zero-order chi connectivity index (χ0) is 14.6. The van der Waals surface area contributed by atoms with E-state index in [0.717, 1.165) is 6.07 Å². The van der Waals surface area contributed by atoms with Crippen molar-refractivity contribution in [3.63, 3.8) is 0 Å². The summed E-state index contributed by atoms with van der Waals surface area (Å²) in [5.74, 6) is -1.47. The number of aromatic carboxylic acids is 1. The Kier molecular flexibility index (Phi) is 4.73. The molecule has 0 atom stereocenters. The average Bonchev–Trinajstić information content (AvgIpc) is 2.28. The zero-order valence-electron chi connectivity index (χ0n) is 10.5. The molecule has 0 aliphatic carbocycles. The van der Waals surface area contributed by atoms with E-state index < -0.39 is 16.2 Å². The van der Waals surface area contributed by atoms with Crippen molar-refractivity contribution in [2.24, 2.45) is 5.92 Å². The third-order valence-electron chi connectivity index (χ3n) is 2.16. The number of carboxylic acid groups (broad SMARTS) is 1. The molecule has 0 saturated heterocycles. The first-order valence-corrected chi connectivity index (χ1v) is 7.03. The van der Waals surface area contributed by atoms with Crippen molar-refractivity contribution in [2.75, 3.05) is 11.3 Å². The summed E-state index contributed by atoms with van der Waals surface area (Å²) in [6.07, 6.45) is 0. The Morgan fingerprint density at radius 3 is 2.53 bits per heavy atom. The van der Waals surface area contributed by atoms with E-state index in [-0.39, 0.29) is 29.5 Å². The molecule has 0 aliphatic heterocycles. The fraction of sp³-hybridized carbons (Fsp3) is 0.364. The van der Waals surface area contributed by atoms with Crippen molar-refractivity contribution in [1.82, 2.24) is 4.72 Å². The molecule has 0 fully saturated rings. The van der Waals surface area contributed by atoms with E-state index >= 15 is 0 Å². The van der Waals surface area contributed by atoms with E-state index in [0.29, 0.717) is 0 Å². The summed E-state index contributed by atoms with van der Waals surface area (Å²) in [5.41, 5.74) is -0.434. The number of benzene rings is 1. The molecule has 0 amide bonds. The Labute approximate surface area is 111 Å². The molecule has 0 bridgehead atoms. The highest BCUT2D eigenvalue weighted by Gasteiger charge is 2.16. The van der Waals surface area contributed by atoms with Gasteiger partial charge in [0.2, 0.25) is 0 Å². The normalized spacial score (nSPS) is 11.5. The molecular formula is C11H16N2O5S. The second-order valence-corrected chi connectivity index (χ2v) is 5.88. The minimum atomic E-state index is -3.84. The average molecular weight is 288 g/mol. The summed E-state index contributed by atoms with van der Waals surface area (Å²) in [6, 6.07) is 3.36. The van der Waals surface area contributed by atoms with Crippen LogP contribution in [0.2, 0.25) is 0 Å². The van der Waals surface area contributed by atoms with E-state index in [2.05, 4.69) is 9.44 Å². The minimum absolute atomic E-state index is 0.110. The lowest BCUT2D eigenvalue weighted by molar-refractivity contribution is 0.0697. The summed E-state index contributed by atoms with van der Waals surface area (Å²) >= 11 is 0. The molecule has 8 heteroatoms. The number of anilines is 1. The fourth-order valence-corrected chi connectivity index (χ4v) is 2.35. The first-order valence-electron chi connectivity index (χ1n) is 5.55. The highest BCUT2D eigenvalue weighted by molar-refractivity contribution is 7.90. The minimum Gasteiger partial charge on any atom is -0.508 e. The Balaban J connectivity index is 2.96. The lowest BCUT2D eigenvalue weighted by atomic mass is 10.2. The van der Waals surface area contributed by atoms with Gasteiger partial charge in [0, 0.05) is 6.54 Å². The monoisotopic (exact) mass is 288 g/mol. The van der Waals surface area contributed by atoms with Gasteiger partial charge in [-0.25, -0.2) is 4.79 Å². The smallest absolute Gasteiger partial charge is 0.337 e. The first kappa shape index (κ1) is 15.3. The Morgan fingerprint density at radius 1 is 1.37 bits per heavy atom. The molecule has 0 heterocycles. The number of carbonyl (C=O) groups is 1.